The van der Waals surface area contributed by atoms with Gasteiger partial charge in [0.05, 0.1) is 24.8 Å². The van der Waals surface area contributed by atoms with Crippen molar-refractivity contribution in [2.45, 2.75) is 6.92 Å². The number of benzene rings is 1. The van der Waals surface area contributed by atoms with Gasteiger partial charge in [-0.25, -0.2) is 4.79 Å². The third-order valence-electron chi connectivity index (χ3n) is 2.19. The van der Waals surface area contributed by atoms with Gasteiger partial charge in [0.25, 0.3) is 0 Å². The van der Waals surface area contributed by atoms with E-state index in [4.69, 9.17) is 14.7 Å². The summed E-state index contributed by atoms with van der Waals surface area (Å²) in [7, 11) is 0. The van der Waals surface area contributed by atoms with Crippen LogP contribution in [0.15, 0.2) is 22.7 Å². The molecule has 0 bridgehead atoms. The van der Waals surface area contributed by atoms with E-state index in [0.717, 1.165) is 10.2 Å². The molecule has 0 spiro atoms. The van der Waals surface area contributed by atoms with E-state index >= 15 is 0 Å². The summed E-state index contributed by atoms with van der Waals surface area (Å²) in [5.41, 5.74) is 1.47. The van der Waals surface area contributed by atoms with E-state index in [2.05, 4.69) is 27.3 Å². The number of hydrogen-bond acceptors (Lipinski definition) is 5. The molecule has 0 fully saturated rings. The van der Waals surface area contributed by atoms with Gasteiger partial charge in [-0.05, 0) is 41.1 Å². The number of nitriles is 1. The summed E-state index contributed by atoms with van der Waals surface area (Å²) >= 11 is 3.37. The predicted molar refractivity (Wildman–Crippen MR) is 74.8 cm³/mol. The number of carbonyl (C=O) groups excluding carboxylic acids is 1. The number of carbonyl (C=O) groups is 1. The smallest absolute Gasteiger partial charge is 0.332 e. The lowest BCUT2D eigenvalue weighted by Gasteiger charge is -2.09. The van der Waals surface area contributed by atoms with Crippen LogP contribution in [0.2, 0.25) is 0 Å². The highest BCUT2D eigenvalue weighted by atomic mass is 79.9. The maximum absolute atomic E-state index is 11.0. The molecule has 0 heterocycles. The second-order valence-corrected chi connectivity index (χ2v) is 4.45. The quantitative estimate of drug-likeness (QED) is 0.615. The Hall–Kier alpha value is -1.58. The van der Waals surface area contributed by atoms with Gasteiger partial charge in [-0.1, -0.05) is 0 Å². The van der Waals surface area contributed by atoms with E-state index in [9.17, 15) is 4.79 Å². The Bertz CT molecular complexity index is 471. The van der Waals surface area contributed by atoms with Crippen LogP contribution in [0.1, 0.15) is 12.5 Å². The fraction of sp³-hybridized carbons (Fsp3) is 0.385. The SMILES string of the molecule is CCOC(=O)COCCNc1ccc(C#N)cc1Br. The van der Waals surface area contributed by atoms with Gasteiger partial charge in [0.2, 0.25) is 0 Å². The second kappa shape index (κ2) is 8.51. The van der Waals surface area contributed by atoms with E-state index in [0.29, 0.717) is 25.3 Å². The molecule has 0 aliphatic carbocycles. The molecule has 1 rings (SSSR count). The number of ether oxygens (including phenoxy) is 2. The third-order valence-corrected chi connectivity index (χ3v) is 2.84. The van der Waals surface area contributed by atoms with E-state index in [1.54, 1.807) is 19.1 Å². The van der Waals surface area contributed by atoms with Gasteiger partial charge in [-0.3, -0.25) is 0 Å². The average molecular weight is 327 g/mol. The molecule has 0 radical (unpaired) electrons. The first-order valence-corrected chi connectivity index (χ1v) is 6.63. The van der Waals surface area contributed by atoms with Crippen LogP contribution in [-0.4, -0.2) is 32.3 Å². The molecule has 0 saturated carbocycles. The number of nitrogens with one attached hydrogen (secondary N) is 1. The minimum Gasteiger partial charge on any atom is -0.464 e. The van der Waals surface area contributed by atoms with Crippen LogP contribution in [0, 0.1) is 11.3 Å². The van der Waals surface area contributed by atoms with Crippen molar-refractivity contribution in [2.24, 2.45) is 0 Å². The summed E-state index contributed by atoms with van der Waals surface area (Å²) in [6.45, 7) is 3.03. The molecule has 0 aromatic heterocycles. The molecular formula is C13H15BrN2O3. The Kier molecular flexibility index (Phi) is 6.93. The lowest BCUT2D eigenvalue weighted by molar-refractivity contribution is -0.148. The molecule has 5 nitrogen and oxygen atoms in total. The summed E-state index contributed by atoms with van der Waals surface area (Å²) in [6.07, 6.45) is 0. The maximum Gasteiger partial charge on any atom is 0.332 e. The highest BCUT2D eigenvalue weighted by Gasteiger charge is 2.02. The highest BCUT2D eigenvalue weighted by molar-refractivity contribution is 9.10. The van der Waals surface area contributed by atoms with Gasteiger partial charge in [0.15, 0.2) is 0 Å². The normalized spacial score (nSPS) is 9.74. The topological polar surface area (TPSA) is 71.3 Å². The molecule has 1 N–H and O–H groups in total. The zero-order valence-corrected chi connectivity index (χ0v) is 12.2. The summed E-state index contributed by atoms with van der Waals surface area (Å²) in [5, 5.41) is 11.9. The Morgan fingerprint density at radius 1 is 1.53 bits per heavy atom. The summed E-state index contributed by atoms with van der Waals surface area (Å²) in [4.78, 5) is 11.0. The van der Waals surface area contributed by atoms with Crippen LogP contribution in [0.5, 0.6) is 0 Å². The molecule has 19 heavy (non-hydrogen) atoms. The zero-order valence-electron chi connectivity index (χ0n) is 10.6. The largest absolute Gasteiger partial charge is 0.464 e. The van der Waals surface area contributed by atoms with Crippen LogP contribution in [-0.2, 0) is 14.3 Å². The molecule has 0 aliphatic heterocycles. The summed E-state index contributed by atoms with van der Waals surface area (Å²) < 4.78 is 10.7. The monoisotopic (exact) mass is 326 g/mol. The molecule has 1 aromatic carbocycles. The van der Waals surface area contributed by atoms with Crippen molar-refractivity contribution in [1.82, 2.24) is 0 Å². The van der Waals surface area contributed by atoms with Crippen LogP contribution < -0.4 is 5.32 Å². The van der Waals surface area contributed by atoms with Crippen molar-refractivity contribution in [3.63, 3.8) is 0 Å². The third kappa shape index (κ3) is 5.73. The summed E-state index contributed by atoms with van der Waals surface area (Å²) in [6, 6.07) is 7.34. The number of halogens is 1. The van der Waals surface area contributed by atoms with Crippen molar-refractivity contribution in [3.05, 3.63) is 28.2 Å². The Morgan fingerprint density at radius 3 is 2.95 bits per heavy atom. The minimum atomic E-state index is -0.359. The molecule has 6 heteroatoms. The first-order valence-electron chi connectivity index (χ1n) is 5.84. The van der Waals surface area contributed by atoms with E-state index in [1.807, 2.05) is 6.07 Å². The number of nitrogens with zero attached hydrogens (tertiary/aromatic N) is 1. The van der Waals surface area contributed by atoms with Crippen LogP contribution in [0.25, 0.3) is 0 Å². The van der Waals surface area contributed by atoms with Crippen molar-refractivity contribution in [2.75, 3.05) is 31.7 Å². The van der Waals surface area contributed by atoms with Gasteiger partial charge in [-0.2, -0.15) is 5.26 Å². The van der Waals surface area contributed by atoms with Crippen LogP contribution in [0.4, 0.5) is 5.69 Å². The van der Waals surface area contributed by atoms with Crippen LogP contribution in [0.3, 0.4) is 0 Å². The number of rotatable bonds is 7. The highest BCUT2D eigenvalue weighted by Crippen LogP contribution is 2.22. The predicted octanol–water partition coefficient (Wildman–Crippen LogP) is 2.31. The first kappa shape index (κ1) is 15.5. The van der Waals surface area contributed by atoms with Gasteiger partial charge in [0.1, 0.15) is 6.61 Å². The van der Waals surface area contributed by atoms with Gasteiger partial charge >= 0.3 is 5.97 Å². The Balaban J connectivity index is 2.26. The van der Waals surface area contributed by atoms with Crippen molar-refractivity contribution in [1.29, 1.82) is 5.26 Å². The van der Waals surface area contributed by atoms with Gasteiger partial charge < -0.3 is 14.8 Å². The fourth-order valence-electron chi connectivity index (χ4n) is 1.34. The molecule has 0 amide bonds. The summed E-state index contributed by atoms with van der Waals surface area (Å²) in [5.74, 6) is -0.359. The van der Waals surface area contributed by atoms with E-state index in [-0.39, 0.29) is 12.6 Å². The first-order chi connectivity index (χ1) is 9.17. The minimum absolute atomic E-state index is 0.0376. The zero-order chi connectivity index (χ0) is 14.1. The van der Waals surface area contributed by atoms with Crippen molar-refractivity contribution < 1.29 is 14.3 Å². The Labute approximate surface area is 120 Å². The van der Waals surface area contributed by atoms with Crippen molar-refractivity contribution >= 4 is 27.6 Å². The number of esters is 1. The molecule has 0 unspecified atom stereocenters. The van der Waals surface area contributed by atoms with Crippen LogP contribution >= 0.6 is 15.9 Å². The van der Waals surface area contributed by atoms with Gasteiger partial charge in [0, 0.05) is 16.7 Å². The standard InChI is InChI=1S/C13H15BrN2O3/c1-2-19-13(17)9-18-6-5-16-12-4-3-10(8-15)7-11(12)14/h3-4,7,16H,2,5-6,9H2,1H3. The number of hydrogen-bond donors (Lipinski definition) is 1. The number of anilines is 1. The molecule has 0 aliphatic rings. The van der Waals surface area contributed by atoms with Crippen molar-refractivity contribution in [3.8, 4) is 6.07 Å². The Morgan fingerprint density at radius 2 is 2.32 bits per heavy atom. The fourth-order valence-corrected chi connectivity index (χ4v) is 1.86. The average Bonchev–Trinajstić information content (AvgIpc) is 2.40. The van der Waals surface area contributed by atoms with E-state index in [1.165, 1.54) is 0 Å². The molecule has 0 atom stereocenters. The molecule has 1 aromatic rings. The van der Waals surface area contributed by atoms with E-state index < -0.39 is 0 Å². The maximum atomic E-state index is 11.0. The lowest BCUT2D eigenvalue weighted by atomic mass is 10.2. The lowest BCUT2D eigenvalue weighted by Crippen LogP contribution is -2.16. The second-order valence-electron chi connectivity index (χ2n) is 3.59. The molecule has 0 saturated heterocycles. The molecule has 102 valence electrons. The van der Waals surface area contributed by atoms with Gasteiger partial charge in [-0.15, -0.1) is 0 Å². The molecular weight excluding hydrogens is 312 g/mol.